The molecule has 8 nitrogen and oxygen atoms in total. The van der Waals surface area contributed by atoms with Gasteiger partial charge in [0, 0.05) is 25.2 Å². The Morgan fingerprint density at radius 3 is 2.09 bits per heavy atom. The monoisotopic (exact) mass is 498 g/mol. The molecule has 0 aliphatic rings. The third-order valence-electron chi connectivity index (χ3n) is 5.57. The van der Waals surface area contributed by atoms with Gasteiger partial charge in [-0.15, -0.1) is 0 Å². The van der Waals surface area contributed by atoms with E-state index >= 15 is 0 Å². The highest BCUT2D eigenvalue weighted by molar-refractivity contribution is 7.92. The summed E-state index contributed by atoms with van der Waals surface area (Å²) in [6, 6.07) is 18.6. The van der Waals surface area contributed by atoms with E-state index in [1.807, 2.05) is 31.2 Å². The first-order valence-electron chi connectivity index (χ1n) is 10.9. The van der Waals surface area contributed by atoms with Crippen LogP contribution < -0.4 is 18.5 Å². The van der Waals surface area contributed by atoms with Gasteiger partial charge in [0.15, 0.2) is 11.5 Å². The van der Waals surface area contributed by atoms with Crippen molar-refractivity contribution < 1.29 is 27.4 Å². The van der Waals surface area contributed by atoms with Gasteiger partial charge in [-0.05, 0) is 37.3 Å². The number of carbonyl (C=O) groups excluding carboxylic acids is 1. The van der Waals surface area contributed by atoms with Crippen molar-refractivity contribution >= 4 is 21.6 Å². The highest BCUT2D eigenvalue weighted by atomic mass is 32.2. The van der Waals surface area contributed by atoms with Crippen molar-refractivity contribution in [1.29, 1.82) is 0 Å². The fourth-order valence-electron chi connectivity index (χ4n) is 3.55. The van der Waals surface area contributed by atoms with Gasteiger partial charge in [0.2, 0.25) is 5.91 Å². The van der Waals surface area contributed by atoms with Crippen LogP contribution in [0.4, 0.5) is 5.69 Å². The van der Waals surface area contributed by atoms with Crippen molar-refractivity contribution in [3.63, 3.8) is 0 Å². The number of likely N-dealkylation sites (N-methyl/N-ethyl adjacent to an activating group) is 1. The summed E-state index contributed by atoms with van der Waals surface area (Å²) in [4.78, 5) is 14.8. The van der Waals surface area contributed by atoms with Gasteiger partial charge in [0.05, 0.1) is 31.9 Å². The first kappa shape index (κ1) is 25.9. The van der Waals surface area contributed by atoms with Gasteiger partial charge in [-0.2, -0.15) is 0 Å². The fourth-order valence-corrected chi connectivity index (χ4v) is 4.96. The molecule has 0 aliphatic carbocycles. The standard InChI is InChI=1S/C26H30N2O6S/c1-19-10-13-22(14-11-19)35(30,31)28(21-12-15-24(33-4)25(16-21)34-5)18-26(29)27(2)17-20-8-6-7-9-23(20)32-3/h6-16H,17-18H2,1-5H3. The highest BCUT2D eigenvalue weighted by Crippen LogP contribution is 2.34. The molecule has 0 heterocycles. The molecule has 0 saturated heterocycles. The molecule has 0 N–H and O–H groups in total. The van der Waals surface area contributed by atoms with Crippen molar-refractivity contribution in [3.8, 4) is 17.2 Å². The highest BCUT2D eigenvalue weighted by Gasteiger charge is 2.29. The Morgan fingerprint density at radius 2 is 1.46 bits per heavy atom. The molecule has 0 atom stereocenters. The van der Waals surface area contributed by atoms with Crippen LogP contribution in [0.3, 0.4) is 0 Å². The summed E-state index contributed by atoms with van der Waals surface area (Å²) in [6.45, 7) is 1.73. The Hall–Kier alpha value is -3.72. The first-order chi connectivity index (χ1) is 16.7. The van der Waals surface area contributed by atoms with Gasteiger partial charge < -0.3 is 19.1 Å². The number of rotatable bonds is 10. The van der Waals surface area contributed by atoms with Gasteiger partial charge in [-0.25, -0.2) is 8.42 Å². The van der Waals surface area contributed by atoms with Gasteiger partial charge in [0.1, 0.15) is 12.3 Å². The fraction of sp³-hybridized carbons (Fsp3) is 0.269. The number of benzene rings is 3. The van der Waals surface area contributed by atoms with E-state index in [9.17, 15) is 13.2 Å². The van der Waals surface area contributed by atoms with Gasteiger partial charge in [-0.3, -0.25) is 9.10 Å². The predicted octanol–water partition coefficient (Wildman–Crippen LogP) is 3.87. The number of ether oxygens (including phenoxy) is 3. The van der Waals surface area contributed by atoms with Gasteiger partial charge in [-0.1, -0.05) is 35.9 Å². The van der Waals surface area contributed by atoms with Crippen molar-refractivity contribution in [2.45, 2.75) is 18.4 Å². The van der Waals surface area contributed by atoms with Crippen LogP contribution in [0.15, 0.2) is 71.6 Å². The van der Waals surface area contributed by atoms with Crippen LogP contribution in [0.25, 0.3) is 0 Å². The Labute approximate surface area is 206 Å². The van der Waals surface area contributed by atoms with E-state index in [2.05, 4.69) is 0 Å². The summed E-state index contributed by atoms with van der Waals surface area (Å²) in [5.74, 6) is 1.06. The molecule has 9 heteroatoms. The number of carbonyl (C=O) groups is 1. The minimum Gasteiger partial charge on any atom is -0.496 e. The minimum atomic E-state index is -4.06. The molecular weight excluding hydrogens is 468 g/mol. The van der Waals surface area contributed by atoms with Gasteiger partial charge >= 0.3 is 0 Å². The zero-order valence-corrected chi connectivity index (χ0v) is 21.3. The maximum absolute atomic E-state index is 13.7. The van der Waals surface area contributed by atoms with Crippen LogP contribution in [0.1, 0.15) is 11.1 Å². The quantitative estimate of drug-likeness (QED) is 0.422. The minimum absolute atomic E-state index is 0.0815. The molecule has 3 aromatic rings. The summed E-state index contributed by atoms with van der Waals surface area (Å²) < 4.78 is 44.5. The summed E-state index contributed by atoms with van der Waals surface area (Å²) in [7, 11) is 2.08. The topological polar surface area (TPSA) is 85.4 Å². The second kappa shape index (κ2) is 11.1. The maximum Gasteiger partial charge on any atom is 0.264 e. The average molecular weight is 499 g/mol. The van der Waals surface area contributed by atoms with Crippen LogP contribution in [-0.2, 0) is 21.4 Å². The van der Waals surface area contributed by atoms with Crippen LogP contribution in [0, 0.1) is 6.92 Å². The molecule has 0 radical (unpaired) electrons. The molecule has 0 spiro atoms. The van der Waals surface area contributed by atoms with Gasteiger partial charge in [0.25, 0.3) is 10.0 Å². The lowest BCUT2D eigenvalue weighted by molar-refractivity contribution is -0.128. The molecule has 3 rings (SSSR count). The molecule has 3 aromatic carbocycles. The molecule has 1 amide bonds. The summed E-state index contributed by atoms with van der Waals surface area (Å²) in [6.07, 6.45) is 0. The number of aryl methyl sites for hydroxylation is 1. The zero-order valence-electron chi connectivity index (χ0n) is 20.5. The van der Waals surface area contributed by atoms with Crippen LogP contribution in [0.5, 0.6) is 17.2 Å². The lowest BCUT2D eigenvalue weighted by atomic mass is 10.2. The Balaban J connectivity index is 1.98. The molecular formula is C26H30N2O6S. The Morgan fingerprint density at radius 1 is 0.829 bits per heavy atom. The molecule has 0 unspecified atom stereocenters. The van der Waals surface area contributed by atoms with E-state index in [4.69, 9.17) is 14.2 Å². The molecule has 186 valence electrons. The summed E-state index contributed by atoms with van der Waals surface area (Å²) in [5.41, 5.74) is 2.02. The Kier molecular flexibility index (Phi) is 8.24. The van der Waals surface area contributed by atoms with E-state index in [0.717, 1.165) is 15.4 Å². The van der Waals surface area contributed by atoms with Crippen molar-refractivity contribution in [1.82, 2.24) is 4.90 Å². The summed E-state index contributed by atoms with van der Waals surface area (Å²) in [5, 5.41) is 0. The molecule has 0 aliphatic heterocycles. The number of methoxy groups -OCH3 is 3. The third-order valence-corrected chi connectivity index (χ3v) is 7.36. The zero-order chi connectivity index (χ0) is 25.6. The van der Waals surface area contributed by atoms with Crippen LogP contribution >= 0.6 is 0 Å². The largest absolute Gasteiger partial charge is 0.496 e. The van der Waals surface area contributed by atoms with Crippen LogP contribution in [0.2, 0.25) is 0 Å². The van der Waals surface area contributed by atoms with E-state index in [1.165, 1.54) is 37.3 Å². The maximum atomic E-state index is 13.7. The van der Waals surface area contributed by atoms with Crippen molar-refractivity contribution in [2.75, 3.05) is 39.2 Å². The normalized spacial score (nSPS) is 11.0. The number of hydrogen-bond donors (Lipinski definition) is 0. The van der Waals surface area contributed by atoms with Crippen molar-refractivity contribution in [2.24, 2.45) is 0 Å². The number of sulfonamides is 1. The lowest BCUT2D eigenvalue weighted by Crippen LogP contribution is -2.41. The second-order valence-corrected chi connectivity index (χ2v) is 9.79. The molecule has 0 saturated carbocycles. The second-order valence-electron chi connectivity index (χ2n) is 7.93. The lowest BCUT2D eigenvalue weighted by Gasteiger charge is -2.27. The smallest absolute Gasteiger partial charge is 0.264 e. The van der Waals surface area contributed by atoms with E-state index in [-0.39, 0.29) is 23.0 Å². The SMILES string of the molecule is COc1ccccc1CN(C)C(=O)CN(c1ccc(OC)c(OC)c1)S(=O)(=O)c1ccc(C)cc1. The van der Waals surface area contributed by atoms with E-state index < -0.39 is 16.6 Å². The Bertz CT molecular complexity index is 1280. The number of para-hydroxylation sites is 1. The molecule has 0 bridgehead atoms. The molecule has 0 fully saturated rings. The number of anilines is 1. The number of amides is 1. The first-order valence-corrected chi connectivity index (χ1v) is 12.3. The number of nitrogens with zero attached hydrogens (tertiary/aromatic N) is 2. The third kappa shape index (κ3) is 5.86. The van der Waals surface area contributed by atoms with E-state index in [1.54, 1.807) is 38.4 Å². The van der Waals surface area contributed by atoms with Crippen LogP contribution in [-0.4, -0.2) is 54.1 Å². The number of hydrogen-bond acceptors (Lipinski definition) is 6. The van der Waals surface area contributed by atoms with Crippen molar-refractivity contribution in [3.05, 3.63) is 77.9 Å². The predicted molar refractivity (Wildman–Crippen MR) is 135 cm³/mol. The molecule has 35 heavy (non-hydrogen) atoms. The summed E-state index contributed by atoms with van der Waals surface area (Å²) >= 11 is 0. The van der Waals surface area contributed by atoms with E-state index in [0.29, 0.717) is 17.2 Å². The molecule has 0 aromatic heterocycles. The average Bonchev–Trinajstić information content (AvgIpc) is 2.87.